The first-order valence-electron chi connectivity index (χ1n) is 3.48. The summed E-state index contributed by atoms with van der Waals surface area (Å²) in [6.07, 6.45) is 0. The minimum atomic E-state index is -0.163. The maximum absolute atomic E-state index is 8.94. The van der Waals surface area contributed by atoms with Crippen molar-refractivity contribution in [3.63, 3.8) is 0 Å². The fourth-order valence-electron chi connectivity index (χ4n) is 0.906. The lowest BCUT2D eigenvalue weighted by molar-refractivity contribution is 0.149. The Labute approximate surface area is 63.0 Å². The SMILES string of the molecule is CNC(C)(CO)CN(C)C. The molecule has 10 heavy (non-hydrogen) atoms. The summed E-state index contributed by atoms with van der Waals surface area (Å²) in [6, 6.07) is 0. The van der Waals surface area contributed by atoms with Crippen LogP contribution >= 0.6 is 0 Å². The molecule has 0 amide bonds. The van der Waals surface area contributed by atoms with E-state index in [9.17, 15) is 0 Å². The maximum atomic E-state index is 8.94. The predicted octanol–water partition coefficient (Wildman–Crippen LogP) is -0.482. The van der Waals surface area contributed by atoms with Crippen molar-refractivity contribution in [3.05, 3.63) is 0 Å². The van der Waals surface area contributed by atoms with E-state index in [1.165, 1.54) is 0 Å². The molecule has 3 nitrogen and oxygen atoms in total. The van der Waals surface area contributed by atoms with Gasteiger partial charge in [-0.3, -0.25) is 0 Å². The molecule has 0 aromatic heterocycles. The molecule has 1 atom stereocenters. The molecule has 0 aromatic carbocycles. The van der Waals surface area contributed by atoms with Crippen molar-refractivity contribution in [2.75, 3.05) is 34.3 Å². The van der Waals surface area contributed by atoms with Crippen molar-refractivity contribution in [2.24, 2.45) is 0 Å². The van der Waals surface area contributed by atoms with Gasteiger partial charge >= 0.3 is 0 Å². The second-order valence-corrected chi connectivity index (χ2v) is 3.21. The van der Waals surface area contributed by atoms with Crippen molar-refractivity contribution in [3.8, 4) is 0 Å². The highest BCUT2D eigenvalue weighted by Gasteiger charge is 2.20. The van der Waals surface area contributed by atoms with Gasteiger partial charge in [0.15, 0.2) is 0 Å². The van der Waals surface area contributed by atoms with Crippen LogP contribution in [0.25, 0.3) is 0 Å². The van der Waals surface area contributed by atoms with Gasteiger partial charge in [0.25, 0.3) is 0 Å². The van der Waals surface area contributed by atoms with Crippen LogP contribution < -0.4 is 5.32 Å². The molecule has 0 fully saturated rings. The minimum absolute atomic E-state index is 0.163. The molecule has 0 spiro atoms. The molecule has 2 N–H and O–H groups in total. The minimum Gasteiger partial charge on any atom is -0.394 e. The third-order valence-electron chi connectivity index (χ3n) is 1.62. The van der Waals surface area contributed by atoms with Crippen LogP contribution in [0.2, 0.25) is 0 Å². The van der Waals surface area contributed by atoms with Gasteiger partial charge in [0.1, 0.15) is 0 Å². The highest BCUT2D eigenvalue weighted by molar-refractivity contribution is 4.82. The Balaban J connectivity index is 3.80. The first kappa shape index (κ1) is 9.88. The van der Waals surface area contributed by atoms with Gasteiger partial charge in [0.2, 0.25) is 0 Å². The average molecular weight is 146 g/mol. The smallest absolute Gasteiger partial charge is 0.0623 e. The third-order valence-corrected chi connectivity index (χ3v) is 1.62. The number of aliphatic hydroxyl groups excluding tert-OH is 1. The Morgan fingerprint density at radius 2 is 2.00 bits per heavy atom. The number of hydrogen-bond acceptors (Lipinski definition) is 3. The van der Waals surface area contributed by atoms with Gasteiger partial charge in [0, 0.05) is 6.54 Å². The molecule has 1 unspecified atom stereocenters. The van der Waals surface area contributed by atoms with Crippen LogP contribution in [0, 0.1) is 0 Å². The topological polar surface area (TPSA) is 35.5 Å². The summed E-state index contributed by atoms with van der Waals surface area (Å²) in [5.41, 5.74) is -0.163. The monoisotopic (exact) mass is 146 g/mol. The Kier molecular flexibility index (Phi) is 3.86. The lowest BCUT2D eigenvalue weighted by atomic mass is 10.0. The van der Waals surface area contributed by atoms with Crippen LogP contribution in [0.5, 0.6) is 0 Å². The summed E-state index contributed by atoms with van der Waals surface area (Å²) in [7, 11) is 5.84. The second-order valence-electron chi connectivity index (χ2n) is 3.21. The maximum Gasteiger partial charge on any atom is 0.0623 e. The van der Waals surface area contributed by atoms with E-state index in [0.29, 0.717) is 0 Å². The lowest BCUT2D eigenvalue weighted by Crippen LogP contribution is -2.50. The molecule has 0 heterocycles. The van der Waals surface area contributed by atoms with Gasteiger partial charge in [-0.05, 0) is 28.1 Å². The van der Waals surface area contributed by atoms with E-state index in [-0.39, 0.29) is 12.1 Å². The van der Waals surface area contributed by atoms with E-state index < -0.39 is 0 Å². The number of likely N-dealkylation sites (N-methyl/N-ethyl adjacent to an activating group) is 2. The summed E-state index contributed by atoms with van der Waals surface area (Å²) in [4.78, 5) is 2.05. The molecule has 62 valence electrons. The molecule has 0 radical (unpaired) electrons. The van der Waals surface area contributed by atoms with Crippen LogP contribution in [-0.4, -0.2) is 49.8 Å². The van der Waals surface area contributed by atoms with E-state index in [1.54, 1.807) is 0 Å². The fourth-order valence-corrected chi connectivity index (χ4v) is 0.906. The predicted molar refractivity (Wildman–Crippen MR) is 43.1 cm³/mol. The quantitative estimate of drug-likeness (QED) is 0.562. The Morgan fingerprint density at radius 3 is 2.10 bits per heavy atom. The molecule has 0 saturated heterocycles. The van der Waals surface area contributed by atoms with Gasteiger partial charge < -0.3 is 15.3 Å². The van der Waals surface area contributed by atoms with Gasteiger partial charge in [0.05, 0.1) is 12.1 Å². The summed E-state index contributed by atoms with van der Waals surface area (Å²) in [5.74, 6) is 0. The molecule has 3 heteroatoms. The highest BCUT2D eigenvalue weighted by Crippen LogP contribution is 2.01. The largest absolute Gasteiger partial charge is 0.394 e. The molecule has 0 aliphatic carbocycles. The van der Waals surface area contributed by atoms with Gasteiger partial charge in [-0.25, -0.2) is 0 Å². The standard InChI is InChI=1S/C7H18N2O/c1-7(6-10,8-2)5-9(3)4/h8,10H,5-6H2,1-4H3. The molecule has 0 aromatic rings. The van der Waals surface area contributed by atoms with E-state index in [2.05, 4.69) is 5.32 Å². The van der Waals surface area contributed by atoms with E-state index in [4.69, 9.17) is 5.11 Å². The summed E-state index contributed by atoms with van der Waals surface area (Å²) in [5, 5.41) is 12.0. The van der Waals surface area contributed by atoms with Crippen molar-refractivity contribution in [1.82, 2.24) is 10.2 Å². The first-order valence-corrected chi connectivity index (χ1v) is 3.48. The zero-order valence-corrected chi connectivity index (χ0v) is 7.31. The molecule has 0 rings (SSSR count). The summed E-state index contributed by atoms with van der Waals surface area (Å²) < 4.78 is 0. The van der Waals surface area contributed by atoms with Crippen LogP contribution in [0.4, 0.5) is 0 Å². The number of hydrogen-bond donors (Lipinski definition) is 2. The second kappa shape index (κ2) is 3.91. The number of aliphatic hydroxyl groups is 1. The normalized spacial score (nSPS) is 17.4. The molecule has 0 bridgehead atoms. The summed E-state index contributed by atoms with van der Waals surface area (Å²) in [6.45, 7) is 3.01. The Bertz CT molecular complexity index is 89.6. The molecule has 0 aliphatic rings. The highest BCUT2D eigenvalue weighted by atomic mass is 16.3. The average Bonchev–Trinajstić information content (AvgIpc) is 1.87. The number of rotatable bonds is 4. The zero-order chi connectivity index (χ0) is 8.20. The van der Waals surface area contributed by atoms with Crippen molar-refractivity contribution >= 4 is 0 Å². The number of nitrogens with zero attached hydrogens (tertiary/aromatic N) is 1. The van der Waals surface area contributed by atoms with Crippen molar-refractivity contribution in [1.29, 1.82) is 0 Å². The van der Waals surface area contributed by atoms with E-state index in [1.807, 2.05) is 33.0 Å². The molecule has 0 saturated carbocycles. The molecular weight excluding hydrogens is 128 g/mol. The lowest BCUT2D eigenvalue weighted by Gasteiger charge is -2.29. The van der Waals surface area contributed by atoms with Gasteiger partial charge in [-0.15, -0.1) is 0 Å². The van der Waals surface area contributed by atoms with E-state index in [0.717, 1.165) is 6.54 Å². The van der Waals surface area contributed by atoms with Crippen molar-refractivity contribution in [2.45, 2.75) is 12.5 Å². The fraction of sp³-hybridized carbons (Fsp3) is 1.00. The van der Waals surface area contributed by atoms with Gasteiger partial charge in [-0.2, -0.15) is 0 Å². The third kappa shape index (κ3) is 3.15. The van der Waals surface area contributed by atoms with Gasteiger partial charge in [-0.1, -0.05) is 0 Å². The first-order chi connectivity index (χ1) is 4.54. The van der Waals surface area contributed by atoms with E-state index >= 15 is 0 Å². The van der Waals surface area contributed by atoms with Crippen LogP contribution in [-0.2, 0) is 0 Å². The van der Waals surface area contributed by atoms with Crippen LogP contribution in [0.15, 0.2) is 0 Å². The summed E-state index contributed by atoms with van der Waals surface area (Å²) >= 11 is 0. The zero-order valence-electron chi connectivity index (χ0n) is 7.31. The Hall–Kier alpha value is -0.120. The Morgan fingerprint density at radius 1 is 1.50 bits per heavy atom. The van der Waals surface area contributed by atoms with Crippen LogP contribution in [0.1, 0.15) is 6.92 Å². The molecular formula is C7H18N2O. The van der Waals surface area contributed by atoms with Crippen LogP contribution in [0.3, 0.4) is 0 Å². The molecule has 0 aliphatic heterocycles. The van der Waals surface area contributed by atoms with Crippen molar-refractivity contribution < 1.29 is 5.11 Å². The number of nitrogens with one attached hydrogen (secondary N) is 1.